The molecule has 2 amide bonds. The number of carbonyl (C=O) groups excluding carboxylic acids is 1. The van der Waals surface area contributed by atoms with Crippen LogP contribution in [0.4, 0.5) is 10.5 Å². The average molecular weight is 335 g/mol. The summed E-state index contributed by atoms with van der Waals surface area (Å²) in [5, 5.41) is 23.2. The lowest BCUT2D eigenvalue weighted by Crippen LogP contribution is -2.43. The van der Waals surface area contributed by atoms with Gasteiger partial charge in [0.05, 0.1) is 4.92 Å². The molecule has 2 N–H and O–H groups in total. The number of hydrogen-bond acceptors (Lipinski definition) is 4. The second-order valence-corrected chi connectivity index (χ2v) is 7.00. The lowest BCUT2D eigenvalue weighted by atomic mass is 9.89. The second-order valence-electron chi connectivity index (χ2n) is 7.00. The number of nitrogens with zero attached hydrogens (tertiary/aromatic N) is 2. The summed E-state index contributed by atoms with van der Waals surface area (Å²) in [6.07, 6.45) is 2.13. The number of fused-ring (bicyclic) bond motifs is 1. The van der Waals surface area contributed by atoms with Crippen LogP contribution in [0.1, 0.15) is 37.8 Å². The molecule has 1 aromatic rings. The van der Waals surface area contributed by atoms with Gasteiger partial charge in [0.25, 0.3) is 5.69 Å². The van der Waals surface area contributed by atoms with Crippen molar-refractivity contribution < 1.29 is 14.8 Å². The monoisotopic (exact) mass is 335 g/mol. The summed E-state index contributed by atoms with van der Waals surface area (Å²) in [5.41, 5.74) is 1.58. The fraction of sp³-hybridized carbons (Fsp3) is 0.588. The van der Waals surface area contributed by atoms with Crippen LogP contribution in [0.2, 0.25) is 0 Å². The Hall–Kier alpha value is -2.15. The molecule has 0 saturated carbocycles. The van der Waals surface area contributed by atoms with Gasteiger partial charge in [-0.3, -0.25) is 10.1 Å². The highest BCUT2D eigenvalue weighted by molar-refractivity contribution is 5.74. The van der Waals surface area contributed by atoms with E-state index in [1.807, 2.05) is 19.9 Å². The van der Waals surface area contributed by atoms with E-state index in [1.165, 1.54) is 6.07 Å². The average Bonchev–Trinajstić information content (AvgIpc) is 2.57. The highest BCUT2D eigenvalue weighted by Gasteiger charge is 2.26. The predicted molar refractivity (Wildman–Crippen MR) is 90.7 cm³/mol. The first-order chi connectivity index (χ1) is 11.3. The molecule has 1 aromatic carbocycles. The largest absolute Gasteiger partial charge is 0.396 e. The van der Waals surface area contributed by atoms with Crippen molar-refractivity contribution in [2.45, 2.75) is 39.7 Å². The van der Waals surface area contributed by atoms with Gasteiger partial charge < -0.3 is 15.3 Å². The van der Waals surface area contributed by atoms with Gasteiger partial charge in [0.15, 0.2) is 0 Å². The Kier molecular flexibility index (Phi) is 5.77. The van der Waals surface area contributed by atoms with Gasteiger partial charge in [-0.05, 0) is 30.2 Å². The van der Waals surface area contributed by atoms with Gasteiger partial charge in [0, 0.05) is 37.9 Å². The first-order valence-electron chi connectivity index (χ1n) is 8.23. The smallest absolute Gasteiger partial charge is 0.317 e. The zero-order valence-corrected chi connectivity index (χ0v) is 14.2. The summed E-state index contributed by atoms with van der Waals surface area (Å²) in [6.45, 7) is 5.53. The minimum Gasteiger partial charge on any atom is -0.396 e. The van der Waals surface area contributed by atoms with E-state index in [9.17, 15) is 20.0 Å². The zero-order chi connectivity index (χ0) is 17.7. The molecular formula is C17H25N3O4. The molecule has 7 heteroatoms. The van der Waals surface area contributed by atoms with E-state index in [2.05, 4.69) is 5.32 Å². The molecule has 7 nitrogen and oxygen atoms in total. The summed E-state index contributed by atoms with van der Waals surface area (Å²) >= 11 is 0. The highest BCUT2D eigenvalue weighted by Crippen LogP contribution is 2.27. The number of urea groups is 1. The Bertz CT molecular complexity index is 616. The molecule has 0 fully saturated rings. The van der Waals surface area contributed by atoms with Crippen LogP contribution in [0.5, 0.6) is 0 Å². The maximum Gasteiger partial charge on any atom is 0.317 e. The van der Waals surface area contributed by atoms with E-state index in [1.54, 1.807) is 11.0 Å². The number of benzene rings is 1. The third-order valence-electron chi connectivity index (χ3n) is 4.46. The summed E-state index contributed by atoms with van der Waals surface area (Å²) in [6, 6.07) is 4.87. The van der Waals surface area contributed by atoms with Gasteiger partial charge >= 0.3 is 6.03 Å². The SMILES string of the molecule is CC(C)(CO)CCCNC(=O)N1CCc2c(cccc2[N+](=O)[O-])C1. The van der Waals surface area contributed by atoms with E-state index < -0.39 is 0 Å². The molecule has 0 aliphatic carbocycles. The van der Waals surface area contributed by atoms with Crippen LogP contribution < -0.4 is 5.32 Å². The molecule has 1 aliphatic rings. The summed E-state index contributed by atoms with van der Waals surface area (Å²) < 4.78 is 0. The molecule has 0 radical (unpaired) electrons. The number of aliphatic hydroxyl groups excluding tert-OH is 1. The fourth-order valence-corrected chi connectivity index (χ4v) is 2.89. The molecule has 0 unspecified atom stereocenters. The van der Waals surface area contributed by atoms with Crippen LogP contribution >= 0.6 is 0 Å². The Labute approximate surface area is 141 Å². The minimum atomic E-state index is -0.364. The van der Waals surface area contributed by atoms with Gasteiger partial charge in [0.2, 0.25) is 0 Å². The number of rotatable bonds is 6. The first kappa shape index (κ1) is 18.2. The summed E-state index contributed by atoms with van der Waals surface area (Å²) in [7, 11) is 0. The van der Waals surface area contributed by atoms with Gasteiger partial charge in [-0.15, -0.1) is 0 Å². The predicted octanol–water partition coefficient (Wildman–Crippen LogP) is 2.46. The Morgan fingerprint density at radius 1 is 1.46 bits per heavy atom. The molecule has 24 heavy (non-hydrogen) atoms. The first-order valence-corrected chi connectivity index (χ1v) is 8.23. The van der Waals surface area contributed by atoms with Crippen LogP contribution in [-0.4, -0.2) is 40.7 Å². The van der Waals surface area contributed by atoms with Crippen LogP contribution in [0, 0.1) is 15.5 Å². The Morgan fingerprint density at radius 3 is 2.88 bits per heavy atom. The number of nitrogens with one attached hydrogen (secondary N) is 1. The van der Waals surface area contributed by atoms with Crippen LogP contribution in [-0.2, 0) is 13.0 Å². The van der Waals surface area contributed by atoms with Gasteiger partial charge in [-0.2, -0.15) is 0 Å². The maximum absolute atomic E-state index is 12.3. The Balaban J connectivity index is 1.88. The summed E-state index contributed by atoms with van der Waals surface area (Å²) in [5.74, 6) is 0. The number of aliphatic hydroxyl groups is 1. The molecule has 0 saturated heterocycles. The van der Waals surface area contributed by atoms with E-state index in [-0.39, 0.29) is 28.7 Å². The van der Waals surface area contributed by atoms with Crippen molar-refractivity contribution >= 4 is 11.7 Å². The number of amides is 2. The fourth-order valence-electron chi connectivity index (χ4n) is 2.89. The van der Waals surface area contributed by atoms with Gasteiger partial charge in [-0.1, -0.05) is 26.0 Å². The third kappa shape index (κ3) is 4.44. The molecule has 0 bridgehead atoms. The van der Waals surface area contributed by atoms with Crippen LogP contribution in [0.15, 0.2) is 18.2 Å². The van der Waals surface area contributed by atoms with Crippen molar-refractivity contribution in [1.29, 1.82) is 0 Å². The molecule has 0 atom stereocenters. The van der Waals surface area contributed by atoms with Crippen molar-refractivity contribution in [3.8, 4) is 0 Å². The van der Waals surface area contributed by atoms with E-state index in [0.29, 0.717) is 26.1 Å². The summed E-state index contributed by atoms with van der Waals surface area (Å²) in [4.78, 5) is 24.6. The van der Waals surface area contributed by atoms with E-state index in [0.717, 1.165) is 24.0 Å². The molecule has 0 aromatic heterocycles. The van der Waals surface area contributed by atoms with Crippen molar-refractivity contribution in [3.05, 3.63) is 39.4 Å². The maximum atomic E-state index is 12.3. The topological polar surface area (TPSA) is 95.7 Å². The van der Waals surface area contributed by atoms with Crippen LogP contribution in [0.25, 0.3) is 0 Å². The van der Waals surface area contributed by atoms with Gasteiger partial charge in [-0.25, -0.2) is 4.79 Å². The standard InChI is InChI=1S/C17H25N3O4/c1-17(2,12-21)8-4-9-18-16(22)19-10-7-14-13(11-19)5-3-6-15(14)20(23)24/h3,5-6,21H,4,7-12H2,1-2H3,(H,18,22). The van der Waals surface area contributed by atoms with Crippen molar-refractivity contribution in [3.63, 3.8) is 0 Å². The van der Waals surface area contributed by atoms with Crippen molar-refractivity contribution in [2.75, 3.05) is 19.7 Å². The molecule has 1 aliphatic heterocycles. The number of nitro groups is 1. The normalized spacial score (nSPS) is 14.2. The quantitative estimate of drug-likeness (QED) is 0.474. The minimum absolute atomic E-state index is 0.128. The molecule has 2 rings (SSSR count). The molecule has 0 spiro atoms. The van der Waals surface area contributed by atoms with Gasteiger partial charge in [0.1, 0.15) is 0 Å². The number of hydrogen-bond donors (Lipinski definition) is 2. The van der Waals surface area contributed by atoms with E-state index in [4.69, 9.17) is 0 Å². The third-order valence-corrected chi connectivity index (χ3v) is 4.46. The lowest BCUT2D eigenvalue weighted by Gasteiger charge is -2.29. The molecular weight excluding hydrogens is 310 g/mol. The highest BCUT2D eigenvalue weighted by atomic mass is 16.6. The lowest BCUT2D eigenvalue weighted by molar-refractivity contribution is -0.385. The van der Waals surface area contributed by atoms with Crippen molar-refractivity contribution in [2.24, 2.45) is 5.41 Å². The molecule has 1 heterocycles. The second kappa shape index (κ2) is 7.61. The Morgan fingerprint density at radius 2 is 2.21 bits per heavy atom. The van der Waals surface area contributed by atoms with Crippen molar-refractivity contribution in [1.82, 2.24) is 10.2 Å². The molecule has 132 valence electrons. The number of carbonyl (C=O) groups is 1. The number of nitro benzene ring substituents is 1. The van der Waals surface area contributed by atoms with E-state index >= 15 is 0 Å². The zero-order valence-electron chi connectivity index (χ0n) is 14.2. The van der Waals surface area contributed by atoms with Crippen LogP contribution in [0.3, 0.4) is 0 Å².